The van der Waals surface area contributed by atoms with Crippen molar-refractivity contribution in [3.05, 3.63) is 23.8 Å². The van der Waals surface area contributed by atoms with Crippen LogP contribution in [0.2, 0.25) is 0 Å². The first-order chi connectivity index (χ1) is 9.63. The number of carboxylic acids is 1. The second-order valence-electron chi connectivity index (χ2n) is 4.52. The van der Waals surface area contributed by atoms with Gasteiger partial charge in [-0.05, 0) is 31.0 Å². The third-order valence-electron chi connectivity index (χ3n) is 3.13. The maximum absolute atomic E-state index is 12.0. The quantitative estimate of drug-likeness (QED) is 0.815. The molecule has 5 nitrogen and oxygen atoms in total. The van der Waals surface area contributed by atoms with Crippen LogP contribution >= 0.6 is 11.8 Å². The average molecular weight is 295 g/mol. The molecule has 2 rings (SSSR count). The molecule has 0 unspecified atom stereocenters. The number of carbonyl (C=O) groups is 2. The Labute approximate surface area is 121 Å². The van der Waals surface area contributed by atoms with Gasteiger partial charge in [-0.3, -0.25) is 4.79 Å². The maximum Gasteiger partial charge on any atom is 0.335 e. The Balaban J connectivity index is 2.18. The number of aromatic carboxylic acids is 1. The Bertz CT molecular complexity index is 518. The van der Waals surface area contributed by atoms with E-state index in [1.54, 1.807) is 30.2 Å². The Morgan fingerprint density at radius 2 is 2.25 bits per heavy atom. The summed E-state index contributed by atoms with van der Waals surface area (Å²) in [6.45, 7) is 1.26. The number of anilines is 1. The summed E-state index contributed by atoms with van der Waals surface area (Å²) in [5.41, 5.74) is 0.921. The monoisotopic (exact) mass is 295 g/mol. The number of carboxylic acid groups (broad SMARTS) is 1. The van der Waals surface area contributed by atoms with Crippen molar-refractivity contribution in [2.24, 2.45) is 0 Å². The topological polar surface area (TPSA) is 66.8 Å². The number of carbonyl (C=O) groups excluding carboxylic acids is 1. The van der Waals surface area contributed by atoms with Crippen LogP contribution in [0, 0.1) is 0 Å². The summed E-state index contributed by atoms with van der Waals surface area (Å²) in [4.78, 5) is 25.7. The molecule has 0 bridgehead atoms. The van der Waals surface area contributed by atoms with E-state index in [1.807, 2.05) is 0 Å². The van der Waals surface area contributed by atoms with Gasteiger partial charge < -0.3 is 14.7 Å². The molecular weight excluding hydrogens is 278 g/mol. The van der Waals surface area contributed by atoms with Gasteiger partial charge in [0.15, 0.2) is 0 Å². The van der Waals surface area contributed by atoms with Crippen LogP contribution in [0.25, 0.3) is 0 Å². The number of fused-ring (bicyclic) bond motifs is 1. The lowest BCUT2D eigenvalue weighted by Gasteiger charge is -2.29. The smallest absolute Gasteiger partial charge is 0.335 e. The summed E-state index contributed by atoms with van der Waals surface area (Å²) < 4.78 is 4.99. The number of hydrogen-bond donors (Lipinski definition) is 1. The Hall–Kier alpha value is -1.53. The van der Waals surface area contributed by atoms with Crippen molar-refractivity contribution in [3.8, 4) is 0 Å². The number of ether oxygens (including phenoxy) is 1. The Morgan fingerprint density at radius 3 is 2.95 bits per heavy atom. The number of amides is 1. The molecule has 0 saturated carbocycles. The van der Waals surface area contributed by atoms with Crippen LogP contribution < -0.4 is 4.90 Å². The molecule has 1 aromatic carbocycles. The van der Waals surface area contributed by atoms with Crippen molar-refractivity contribution >= 4 is 29.3 Å². The van der Waals surface area contributed by atoms with E-state index in [-0.39, 0.29) is 11.5 Å². The predicted octanol–water partition coefficient (Wildman–Crippen LogP) is 2.25. The second kappa shape index (κ2) is 6.76. The minimum absolute atomic E-state index is 0.0301. The molecule has 108 valence electrons. The summed E-state index contributed by atoms with van der Waals surface area (Å²) >= 11 is 1.46. The van der Waals surface area contributed by atoms with Crippen LogP contribution in [-0.2, 0) is 9.53 Å². The van der Waals surface area contributed by atoms with Crippen LogP contribution in [0.15, 0.2) is 23.1 Å². The first-order valence-electron chi connectivity index (χ1n) is 6.43. The molecule has 1 aliphatic heterocycles. The fourth-order valence-electron chi connectivity index (χ4n) is 2.10. The summed E-state index contributed by atoms with van der Waals surface area (Å²) in [6, 6.07) is 4.93. The SMILES string of the molecule is COCCCCN1C(=O)CSc2ccc(C(=O)O)cc21. The molecule has 1 aliphatic rings. The number of thioether (sulfide) groups is 1. The van der Waals surface area contributed by atoms with Crippen LogP contribution in [0.3, 0.4) is 0 Å². The number of nitrogens with zero attached hydrogens (tertiary/aromatic N) is 1. The molecule has 0 aliphatic carbocycles. The molecular formula is C14H17NO4S. The lowest BCUT2D eigenvalue weighted by molar-refractivity contribution is -0.116. The zero-order valence-corrected chi connectivity index (χ0v) is 12.1. The average Bonchev–Trinajstić information content (AvgIpc) is 2.44. The maximum atomic E-state index is 12.0. The molecule has 0 spiro atoms. The van der Waals surface area contributed by atoms with Gasteiger partial charge in [0.25, 0.3) is 0 Å². The van der Waals surface area contributed by atoms with Crippen molar-refractivity contribution in [2.45, 2.75) is 17.7 Å². The molecule has 1 N–H and O–H groups in total. The van der Waals surface area contributed by atoms with Crippen molar-refractivity contribution < 1.29 is 19.4 Å². The highest BCUT2D eigenvalue weighted by atomic mass is 32.2. The van der Waals surface area contributed by atoms with E-state index in [0.717, 1.165) is 17.7 Å². The largest absolute Gasteiger partial charge is 0.478 e. The van der Waals surface area contributed by atoms with Crippen molar-refractivity contribution in [3.63, 3.8) is 0 Å². The summed E-state index contributed by atoms with van der Waals surface area (Å²) in [7, 11) is 1.65. The number of unbranched alkanes of at least 4 members (excludes halogenated alkanes) is 1. The van der Waals surface area contributed by atoms with Gasteiger partial charge in [0, 0.05) is 25.2 Å². The Morgan fingerprint density at radius 1 is 1.45 bits per heavy atom. The number of benzene rings is 1. The van der Waals surface area contributed by atoms with Gasteiger partial charge in [0.2, 0.25) is 5.91 Å². The van der Waals surface area contributed by atoms with Gasteiger partial charge in [-0.1, -0.05) is 0 Å². The van der Waals surface area contributed by atoms with Gasteiger partial charge in [-0.2, -0.15) is 0 Å². The van der Waals surface area contributed by atoms with Crippen molar-refractivity contribution in [1.29, 1.82) is 0 Å². The lowest BCUT2D eigenvalue weighted by atomic mass is 10.1. The van der Waals surface area contributed by atoms with Crippen molar-refractivity contribution in [1.82, 2.24) is 0 Å². The first-order valence-corrected chi connectivity index (χ1v) is 7.41. The highest BCUT2D eigenvalue weighted by Gasteiger charge is 2.25. The number of methoxy groups -OCH3 is 1. The summed E-state index contributed by atoms with van der Waals surface area (Å²) in [6.07, 6.45) is 1.71. The van der Waals surface area contributed by atoms with E-state index in [1.165, 1.54) is 11.8 Å². The predicted molar refractivity (Wildman–Crippen MR) is 77.6 cm³/mol. The molecule has 1 aromatic rings. The molecule has 1 heterocycles. The van der Waals surface area contributed by atoms with Crippen LogP contribution in [0.5, 0.6) is 0 Å². The first kappa shape index (κ1) is 14.9. The van der Waals surface area contributed by atoms with Crippen LogP contribution in [0.1, 0.15) is 23.2 Å². The highest BCUT2D eigenvalue weighted by Crippen LogP contribution is 2.36. The molecule has 0 atom stereocenters. The third-order valence-corrected chi connectivity index (χ3v) is 4.18. The van der Waals surface area contributed by atoms with E-state index in [0.29, 0.717) is 24.6 Å². The second-order valence-corrected chi connectivity index (χ2v) is 5.54. The van der Waals surface area contributed by atoms with Gasteiger partial charge in [-0.15, -0.1) is 11.8 Å². The van der Waals surface area contributed by atoms with Crippen LogP contribution in [-0.4, -0.2) is 43.0 Å². The summed E-state index contributed by atoms with van der Waals surface area (Å²) in [5, 5.41) is 9.06. The van der Waals surface area contributed by atoms with Gasteiger partial charge in [0.1, 0.15) is 0 Å². The lowest BCUT2D eigenvalue weighted by Crippen LogP contribution is -2.36. The van der Waals surface area contributed by atoms with E-state index in [9.17, 15) is 9.59 Å². The highest BCUT2D eigenvalue weighted by molar-refractivity contribution is 8.00. The number of hydrogen-bond acceptors (Lipinski definition) is 4. The molecule has 1 amide bonds. The van der Waals surface area contributed by atoms with Crippen LogP contribution in [0.4, 0.5) is 5.69 Å². The fourth-order valence-corrected chi connectivity index (χ4v) is 3.01. The van der Waals surface area contributed by atoms with E-state index in [4.69, 9.17) is 9.84 Å². The van der Waals surface area contributed by atoms with Gasteiger partial charge in [0.05, 0.1) is 17.0 Å². The van der Waals surface area contributed by atoms with Gasteiger partial charge in [-0.25, -0.2) is 4.79 Å². The fraction of sp³-hybridized carbons (Fsp3) is 0.429. The zero-order chi connectivity index (χ0) is 14.5. The summed E-state index contributed by atoms with van der Waals surface area (Å²) in [5.74, 6) is -0.540. The molecule has 0 radical (unpaired) electrons. The minimum Gasteiger partial charge on any atom is -0.478 e. The third kappa shape index (κ3) is 3.32. The van der Waals surface area contributed by atoms with Gasteiger partial charge >= 0.3 is 5.97 Å². The molecule has 0 fully saturated rings. The molecule has 20 heavy (non-hydrogen) atoms. The molecule has 0 saturated heterocycles. The molecule has 0 aromatic heterocycles. The number of rotatable bonds is 6. The standard InChI is InChI=1S/C14H17NO4S/c1-19-7-3-2-6-15-11-8-10(14(17)18)4-5-12(11)20-9-13(15)16/h4-5,8H,2-3,6-7,9H2,1H3,(H,17,18). The Kier molecular flexibility index (Phi) is 5.03. The van der Waals surface area contributed by atoms with Crippen molar-refractivity contribution in [2.75, 3.05) is 30.9 Å². The minimum atomic E-state index is -0.977. The van der Waals surface area contributed by atoms with E-state index >= 15 is 0 Å². The van der Waals surface area contributed by atoms with E-state index < -0.39 is 5.97 Å². The van der Waals surface area contributed by atoms with E-state index in [2.05, 4.69) is 0 Å². The molecule has 6 heteroatoms. The zero-order valence-electron chi connectivity index (χ0n) is 11.3. The normalized spacial score (nSPS) is 14.2.